The standard InChI is InChI=1S/C15H24N2O2/c1-4-6-9-17(3)11-13-8-7-12(10-14(13)16)15(18)19-5-2/h7-8,10H,4-6,9,11,16H2,1-3H3. The summed E-state index contributed by atoms with van der Waals surface area (Å²) in [6, 6.07) is 5.38. The van der Waals surface area contributed by atoms with Gasteiger partial charge in [-0.2, -0.15) is 0 Å². The van der Waals surface area contributed by atoms with E-state index in [1.807, 2.05) is 6.07 Å². The van der Waals surface area contributed by atoms with Crippen LogP contribution in [0, 0.1) is 0 Å². The molecule has 0 aliphatic heterocycles. The maximum Gasteiger partial charge on any atom is 0.338 e. The second-order valence-electron chi connectivity index (χ2n) is 4.73. The van der Waals surface area contributed by atoms with Crippen molar-refractivity contribution in [3.8, 4) is 0 Å². The molecule has 0 aliphatic rings. The third-order valence-corrected chi connectivity index (χ3v) is 2.99. The molecular weight excluding hydrogens is 240 g/mol. The molecule has 0 aliphatic carbocycles. The van der Waals surface area contributed by atoms with Crippen LogP contribution in [0.15, 0.2) is 18.2 Å². The molecule has 0 bridgehead atoms. The largest absolute Gasteiger partial charge is 0.462 e. The molecule has 1 rings (SSSR count). The fourth-order valence-electron chi connectivity index (χ4n) is 1.88. The van der Waals surface area contributed by atoms with E-state index >= 15 is 0 Å². The number of hydrogen-bond donors (Lipinski definition) is 1. The van der Waals surface area contributed by atoms with E-state index < -0.39 is 0 Å². The summed E-state index contributed by atoms with van der Waals surface area (Å²) in [6.45, 7) is 6.19. The van der Waals surface area contributed by atoms with Gasteiger partial charge in [0, 0.05) is 12.2 Å². The first kappa shape index (κ1) is 15.5. The molecule has 19 heavy (non-hydrogen) atoms. The van der Waals surface area contributed by atoms with Crippen LogP contribution in [0.25, 0.3) is 0 Å². The molecule has 0 unspecified atom stereocenters. The minimum atomic E-state index is -0.319. The van der Waals surface area contributed by atoms with Crippen molar-refractivity contribution in [2.75, 3.05) is 25.9 Å². The number of nitrogens with zero attached hydrogens (tertiary/aromatic N) is 1. The van der Waals surface area contributed by atoms with Crippen molar-refractivity contribution in [1.29, 1.82) is 0 Å². The van der Waals surface area contributed by atoms with E-state index in [0.29, 0.717) is 17.9 Å². The SMILES string of the molecule is CCCCN(C)Cc1ccc(C(=O)OCC)cc1N. The Morgan fingerprint density at radius 3 is 2.68 bits per heavy atom. The summed E-state index contributed by atoms with van der Waals surface area (Å²) in [4.78, 5) is 13.8. The van der Waals surface area contributed by atoms with Gasteiger partial charge in [-0.3, -0.25) is 0 Å². The molecule has 4 heteroatoms. The average molecular weight is 264 g/mol. The lowest BCUT2D eigenvalue weighted by Gasteiger charge is -2.17. The Morgan fingerprint density at radius 1 is 1.37 bits per heavy atom. The smallest absolute Gasteiger partial charge is 0.338 e. The summed E-state index contributed by atoms with van der Waals surface area (Å²) in [6.07, 6.45) is 2.36. The second-order valence-corrected chi connectivity index (χ2v) is 4.73. The number of esters is 1. The highest BCUT2D eigenvalue weighted by Crippen LogP contribution is 2.17. The summed E-state index contributed by atoms with van der Waals surface area (Å²) in [5.74, 6) is -0.319. The molecule has 0 aromatic heterocycles. The zero-order chi connectivity index (χ0) is 14.3. The molecule has 0 fully saturated rings. The minimum Gasteiger partial charge on any atom is -0.462 e. The monoisotopic (exact) mass is 264 g/mol. The summed E-state index contributed by atoms with van der Waals surface area (Å²) < 4.78 is 4.95. The van der Waals surface area contributed by atoms with Crippen LogP contribution in [-0.2, 0) is 11.3 Å². The van der Waals surface area contributed by atoms with Crippen molar-refractivity contribution in [2.24, 2.45) is 0 Å². The number of carbonyl (C=O) groups excluding carboxylic acids is 1. The first-order valence-corrected chi connectivity index (χ1v) is 6.82. The van der Waals surface area contributed by atoms with Crippen molar-refractivity contribution in [3.63, 3.8) is 0 Å². The van der Waals surface area contributed by atoms with E-state index in [4.69, 9.17) is 10.5 Å². The zero-order valence-electron chi connectivity index (χ0n) is 12.1. The van der Waals surface area contributed by atoms with Crippen molar-refractivity contribution in [3.05, 3.63) is 29.3 Å². The molecule has 1 aromatic rings. The topological polar surface area (TPSA) is 55.6 Å². The third kappa shape index (κ3) is 4.91. The summed E-state index contributed by atoms with van der Waals surface area (Å²) in [7, 11) is 2.08. The highest BCUT2D eigenvalue weighted by molar-refractivity contribution is 5.90. The lowest BCUT2D eigenvalue weighted by Crippen LogP contribution is -2.20. The Kier molecular flexibility index (Phi) is 6.36. The van der Waals surface area contributed by atoms with Crippen LogP contribution < -0.4 is 5.73 Å². The number of ether oxygens (including phenoxy) is 1. The van der Waals surface area contributed by atoms with E-state index in [1.165, 1.54) is 12.8 Å². The summed E-state index contributed by atoms with van der Waals surface area (Å²) in [5, 5.41) is 0. The van der Waals surface area contributed by atoms with Crippen molar-refractivity contribution < 1.29 is 9.53 Å². The summed E-state index contributed by atoms with van der Waals surface area (Å²) >= 11 is 0. The number of rotatable bonds is 7. The molecule has 106 valence electrons. The number of anilines is 1. The van der Waals surface area contributed by atoms with Gasteiger partial charge in [0.15, 0.2) is 0 Å². The van der Waals surface area contributed by atoms with Gasteiger partial charge in [0.2, 0.25) is 0 Å². The Labute approximate surface area is 115 Å². The van der Waals surface area contributed by atoms with Crippen LogP contribution >= 0.6 is 0 Å². The van der Waals surface area contributed by atoms with Crippen LogP contribution in [0.4, 0.5) is 5.69 Å². The normalized spacial score (nSPS) is 10.7. The predicted molar refractivity (Wildman–Crippen MR) is 78.1 cm³/mol. The van der Waals surface area contributed by atoms with Gasteiger partial charge in [0.25, 0.3) is 0 Å². The van der Waals surface area contributed by atoms with Crippen LogP contribution in [0.3, 0.4) is 0 Å². The van der Waals surface area contributed by atoms with Gasteiger partial charge < -0.3 is 15.4 Å². The van der Waals surface area contributed by atoms with E-state index in [9.17, 15) is 4.79 Å². The molecular formula is C15H24N2O2. The molecule has 0 radical (unpaired) electrons. The van der Waals surface area contributed by atoms with E-state index in [0.717, 1.165) is 18.7 Å². The Balaban J connectivity index is 2.69. The molecule has 2 N–H and O–H groups in total. The maximum absolute atomic E-state index is 11.6. The number of benzene rings is 1. The molecule has 0 saturated heterocycles. The van der Waals surface area contributed by atoms with E-state index in [2.05, 4.69) is 18.9 Å². The van der Waals surface area contributed by atoms with Crippen LogP contribution in [-0.4, -0.2) is 31.1 Å². The van der Waals surface area contributed by atoms with Gasteiger partial charge in [-0.05, 0) is 44.6 Å². The fourth-order valence-corrected chi connectivity index (χ4v) is 1.88. The van der Waals surface area contributed by atoms with Gasteiger partial charge in [0.05, 0.1) is 12.2 Å². The number of hydrogen-bond acceptors (Lipinski definition) is 4. The highest BCUT2D eigenvalue weighted by atomic mass is 16.5. The molecule has 0 atom stereocenters. The molecule has 0 saturated carbocycles. The van der Waals surface area contributed by atoms with Crippen molar-refractivity contribution in [1.82, 2.24) is 4.90 Å². The second kappa shape index (κ2) is 7.79. The van der Waals surface area contributed by atoms with Gasteiger partial charge in [-0.15, -0.1) is 0 Å². The van der Waals surface area contributed by atoms with Crippen LogP contribution in [0.2, 0.25) is 0 Å². The van der Waals surface area contributed by atoms with Crippen LogP contribution in [0.5, 0.6) is 0 Å². The van der Waals surface area contributed by atoms with Crippen molar-refractivity contribution >= 4 is 11.7 Å². The van der Waals surface area contributed by atoms with E-state index in [1.54, 1.807) is 19.1 Å². The molecule has 0 amide bonds. The third-order valence-electron chi connectivity index (χ3n) is 2.99. The Hall–Kier alpha value is -1.55. The minimum absolute atomic E-state index is 0.319. The van der Waals surface area contributed by atoms with Gasteiger partial charge in [0.1, 0.15) is 0 Å². The predicted octanol–water partition coefficient (Wildman–Crippen LogP) is 2.68. The lowest BCUT2D eigenvalue weighted by molar-refractivity contribution is 0.0526. The number of nitrogen functional groups attached to an aromatic ring is 1. The molecule has 1 aromatic carbocycles. The van der Waals surface area contributed by atoms with Gasteiger partial charge in [-0.1, -0.05) is 19.4 Å². The van der Waals surface area contributed by atoms with E-state index in [-0.39, 0.29) is 5.97 Å². The molecule has 4 nitrogen and oxygen atoms in total. The maximum atomic E-state index is 11.6. The van der Waals surface area contributed by atoms with Gasteiger partial charge >= 0.3 is 5.97 Å². The molecule has 0 spiro atoms. The summed E-state index contributed by atoms with van der Waals surface area (Å²) in [5.41, 5.74) is 8.21. The Bertz CT molecular complexity index is 419. The average Bonchev–Trinajstić information content (AvgIpc) is 2.39. The van der Waals surface area contributed by atoms with Crippen LogP contribution in [0.1, 0.15) is 42.6 Å². The Morgan fingerprint density at radius 2 is 2.11 bits per heavy atom. The lowest BCUT2D eigenvalue weighted by atomic mass is 10.1. The molecule has 0 heterocycles. The number of unbranched alkanes of at least 4 members (excludes halogenated alkanes) is 1. The quantitative estimate of drug-likeness (QED) is 0.607. The first-order chi connectivity index (χ1) is 9.08. The number of carbonyl (C=O) groups is 1. The highest BCUT2D eigenvalue weighted by Gasteiger charge is 2.10. The van der Waals surface area contributed by atoms with Gasteiger partial charge in [-0.25, -0.2) is 4.79 Å². The first-order valence-electron chi connectivity index (χ1n) is 6.82. The zero-order valence-corrected chi connectivity index (χ0v) is 12.1. The number of nitrogens with two attached hydrogens (primary N) is 1. The fraction of sp³-hybridized carbons (Fsp3) is 0.533. The van der Waals surface area contributed by atoms with Crippen molar-refractivity contribution in [2.45, 2.75) is 33.2 Å².